The Morgan fingerprint density at radius 1 is 1.06 bits per heavy atom. The van der Waals surface area contributed by atoms with Crippen LogP contribution < -0.4 is 5.32 Å². The molecule has 1 aliphatic rings. The van der Waals surface area contributed by atoms with Crippen molar-refractivity contribution in [2.45, 2.75) is 50.4 Å². The maximum atomic E-state index is 12.5. The molecule has 33 heavy (non-hydrogen) atoms. The molecule has 1 aromatic heterocycles. The fourth-order valence-corrected chi connectivity index (χ4v) is 5.05. The van der Waals surface area contributed by atoms with Crippen LogP contribution in [0.15, 0.2) is 65.8 Å². The summed E-state index contributed by atoms with van der Waals surface area (Å²) >= 11 is 1.44. The van der Waals surface area contributed by atoms with Crippen LogP contribution in [0.5, 0.6) is 0 Å². The quantitative estimate of drug-likeness (QED) is 0.355. The number of nitrogens with one attached hydrogen (secondary N) is 1. The number of rotatable bonds is 10. The van der Waals surface area contributed by atoms with Gasteiger partial charge in [0.2, 0.25) is 5.91 Å². The number of likely N-dealkylation sites (tertiary alicyclic amines) is 1. The minimum Gasteiger partial charge on any atom is -0.355 e. The summed E-state index contributed by atoms with van der Waals surface area (Å²) in [4.78, 5) is 15.0. The number of piperidine rings is 1. The summed E-state index contributed by atoms with van der Waals surface area (Å²) in [5.41, 5.74) is 2.19. The third-order valence-corrected chi connectivity index (χ3v) is 7.12. The second kappa shape index (κ2) is 12.0. The Balaban J connectivity index is 1.33. The fourth-order valence-electron chi connectivity index (χ4n) is 4.29. The standard InChI is InChI=1S/C26H33N5OS/c1-21-11-8-9-17-30(21)18-10-16-27-24(32)20-33-26-29-28-25(23-14-6-3-7-15-23)31(26)19-22-12-4-2-5-13-22/h2-7,12-15,21H,8-11,16-20H2,1H3,(H,27,32). The Morgan fingerprint density at radius 3 is 2.58 bits per heavy atom. The maximum absolute atomic E-state index is 12.5. The molecule has 0 saturated carbocycles. The third-order valence-electron chi connectivity index (χ3n) is 6.15. The molecule has 0 spiro atoms. The first-order valence-electron chi connectivity index (χ1n) is 11.9. The smallest absolute Gasteiger partial charge is 0.230 e. The fraction of sp³-hybridized carbons (Fsp3) is 0.423. The molecule has 3 aromatic rings. The highest BCUT2D eigenvalue weighted by molar-refractivity contribution is 7.99. The molecule has 1 unspecified atom stereocenters. The van der Waals surface area contributed by atoms with Gasteiger partial charge in [-0.05, 0) is 38.3 Å². The predicted octanol–water partition coefficient (Wildman–Crippen LogP) is 4.47. The van der Waals surface area contributed by atoms with Crippen molar-refractivity contribution >= 4 is 17.7 Å². The van der Waals surface area contributed by atoms with Crippen molar-refractivity contribution in [3.05, 3.63) is 66.2 Å². The van der Waals surface area contributed by atoms with Gasteiger partial charge in [0.15, 0.2) is 11.0 Å². The van der Waals surface area contributed by atoms with E-state index in [0.717, 1.165) is 29.5 Å². The highest BCUT2D eigenvalue weighted by Crippen LogP contribution is 2.25. The van der Waals surface area contributed by atoms with Gasteiger partial charge in [-0.2, -0.15) is 0 Å². The molecule has 1 aliphatic heterocycles. The molecule has 1 N–H and O–H groups in total. The molecule has 7 heteroatoms. The number of aromatic nitrogens is 3. The molecule has 2 aromatic carbocycles. The Bertz CT molecular complexity index is 1010. The van der Waals surface area contributed by atoms with E-state index in [4.69, 9.17) is 0 Å². The second-order valence-corrected chi connectivity index (χ2v) is 9.56. The number of thioether (sulfide) groups is 1. The molecule has 0 bridgehead atoms. The van der Waals surface area contributed by atoms with Gasteiger partial charge in [0.25, 0.3) is 0 Å². The zero-order chi connectivity index (χ0) is 22.9. The molecule has 0 radical (unpaired) electrons. The summed E-state index contributed by atoms with van der Waals surface area (Å²) in [5, 5.41) is 12.7. The number of nitrogens with zero attached hydrogens (tertiary/aromatic N) is 4. The highest BCUT2D eigenvalue weighted by atomic mass is 32.2. The largest absolute Gasteiger partial charge is 0.355 e. The number of carbonyl (C=O) groups is 1. The first kappa shape index (κ1) is 23.5. The lowest BCUT2D eigenvalue weighted by Crippen LogP contribution is -2.39. The predicted molar refractivity (Wildman–Crippen MR) is 134 cm³/mol. The van der Waals surface area contributed by atoms with E-state index in [1.807, 2.05) is 48.5 Å². The normalized spacial score (nSPS) is 16.6. The van der Waals surface area contributed by atoms with E-state index in [9.17, 15) is 4.79 Å². The van der Waals surface area contributed by atoms with E-state index in [0.29, 0.717) is 24.9 Å². The van der Waals surface area contributed by atoms with Gasteiger partial charge in [0, 0.05) is 24.7 Å². The minimum atomic E-state index is 0.0437. The van der Waals surface area contributed by atoms with Crippen LogP contribution >= 0.6 is 11.8 Å². The summed E-state index contributed by atoms with van der Waals surface area (Å²) in [6.45, 7) is 5.93. The average Bonchev–Trinajstić information content (AvgIpc) is 3.25. The summed E-state index contributed by atoms with van der Waals surface area (Å²) in [7, 11) is 0. The molecule has 6 nitrogen and oxygen atoms in total. The molecule has 1 fully saturated rings. The molecule has 174 valence electrons. The molecular weight excluding hydrogens is 430 g/mol. The van der Waals surface area contributed by atoms with Gasteiger partial charge in [-0.3, -0.25) is 9.36 Å². The van der Waals surface area contributed by atoms with Crippen molar-refractivity contribution in [1.29, 1.82) is 0 Å². The van der Waals surface area contributed by atoms with Gasteiger partial charge in [-0.25, -0.2) is 0 Å². The maximum Gasteiger partial charge on any atom is 0.230 e. The lowest BCUT2D eigenvalue weighted by atomic mass is 10.0. The van der Waals surface area contributed by atoms with Crippen molar-refractivity contribution in [3.8, 4) is 11.4 Å². The Morgan fingerprint density at radius 2 is 1.82 bits per heavy atom. The van der Waals surface area contributed by atoms with Crippen LogP contribution in [0, 0.1) is 0 Å². The Labute approximate surface area is 200 Å². The van der Waals surface area contributed by atoms with Gasteiger partial charge in [-0.15, -0.1) is 10.2 Å². The van der Waals surface area contributed by atoms with Gasteiger partial charge in [-0.1, -0.05) is 78.8 Å². The molecule has 1 saturated heterocycles. The SMILES string of the molecule is CC1CCCCN1CCCNC(=O)CSc1nnc(-c2ccccc2)n1Cc1ccccc1. The van der Waals surface area contributed by atoms with Crippen molar-refractivity contribution < 1.29 is 4.79 Å². The number of carbonyl (C=O) groups excluding carboxylic acids is 1. The van der Waals surface area contributed by atoms with Crippen LogP contribution in [0.3, 0.4) is 0 Å². The van der Waals surface area contributed by atoms with E-state index in [2.05, 4.69) is 44.0 Å². The number of benzene rings is 2. The van der Waals surface area contributed by atoms with Crippen molar-refractivity contribution in [2.75, 3.05) is 25.4 Å². The van der Waals surface area contributed by atoms with Crippen molar-refractivity contribution in [1.82, 2.24) is 25.0 Å². The van der Waals surface area contributed by atoms with Crippen LogP contribution in [-0.2, 0) is 11.3 Å². The molecular formula is C26H33N5OS. The molecule has 1 atom stereocenters. The summed E-state index contributed by atoms with van der Waals surface area (Å²) < 4.78 is 2.10. The Kier molecular flexibility index (Phi) is 8.55. The van der Waals surface area contributed by atoms with Crippen LogP contribution in [0.4, 0.5) is 0 Å². The van der Waals surface area contributed by atoms with Gasteiger partial charge < -0.3 is 10.2 Å². The molecule has 0 aliphatic carbocycles. The van der Waals surface area contributed by atoms with E-state index >= 15 is 0 Å². The lowest BCUT2D eigenvalue weighted by molar-refractivity contribution is -0.118. The summed E-state index contributed by atoms with van der Waals surface area (Å²) in [5.74, 6) is 1.20. The van der Waals surface area contributed by atoms with E-state index in [1.165, 1.54) is 43.1 Å². The second-order valence-electron chi connectivity index (χ2n) is 8.62. The monoisotopic (exact) mass is 463 g/mol. The lowest BCUT2D eigenvalue weighted by Gasteiger charge is -2.33. The van der Waals surface area contributed by atoms with Gasteiger partial charge in [0.05, 0.1) is 12.3 Å². The van der Waals surface area contributed by atoms with E-state index < -0.39 is 0 Å². The first-order valence-corrected chi connectivity index (χ1v) is 12.9. The summed E-state index contributed by atoms with van der Waals surface area (Å²) in [6.07, 6.45) is 4.91. The number of hydrogen-bond donors (Lipinski definition) is 1. The number of hydrogen-bond acceptors (Lipinski definition) is 5. The van der Waals surface area contributed by atoms with E-state index in [1.54, 1.807) is 0 Å². The first-order chi connectivity index (χ1) is 16.2. The van der Waals surface area contributed by atoms with Gasteiger partial charge in [0.1, 0.15) is 0 Å². The molecule has 4 rings (SSSR count). The average molecular weight is 464 g/mol. The van der Waals surface area contributed by atoms with Crippen molar-refractivity contribution in [3.63, 3.8) is 0 Å². The third kappa shape index (κ3) is 6.68. The van der Waals surface area contributed by atoms with Crippen molar-refractivity contribution in [2.24, 2.45) is 0 Å². The minimum absolute atomic E-state index is 0.0437. The molecule has 2 heterocycles. The van der Waals surface area contributed by atoms with Crippen LogP contribution in [0.1, 0.15) is 38.2 Å². The zero-order valence-corrected chi connectivity index (χ0v) is 20.1. The van der Waals surface area contributed by atoms with Gasteiger partial charge >= 0.3 is 0 Å². The van der Waals surface area contributed by atoms with E-state index in [-0.39, 0.29) is 5.91 Å². The Hall–Kier alpha value is -2.64. The van der Waals surface area contributed by atoms with Crippen LogP contribution in [-0.4, -0.2) is 57.0 Å². The summed E-state index contributed by atoms with van der Waals surface area (Å²) in [6, 6.07) is 21.0. The topological polar surface area (TPSA) is 63.1 Å². The van der Waals surface area contributed by atoms with Crippen LogP contribution in [0.2, 0.25) is 0 Å². The zero-order valence-electron chi connectivity index (χ0n) is 19.3. The molecule has 1 amide bonds. The van der Waals surface area contributed by atoms with Crippen LogP contribution in [0.25, 0.3) is 11.4 Å². The highest BCUT2D eigenvalue weighted by Gasteiger charge is 2.18. The number of amides is 1.